The third-order valence-corrected chi connectivity index (χ3v) is 4.11. The highest BCUT2D eigenvalue weighted by Gasteiger charge is 2.14. The zero-order valence-electron chi connectivity index (χ0n) is 15.6. The van der Waals surface area contributed by atoms with Crippen molar-refractivity contribution in [3.8, 4) is 5.75 Å². The summed E-state index contributed by atoms with van der Waals surface area (Å²) in [4.78, 5) is 19.1. The number of aromatic nitrogens is 1. The zero-order chi connectivity index (χ0) is 19.1. The van der Waals surface area contributed by atoms with E-state index in [1.165, 1.54) is 0 Å². The van der Waals surface area contributed by atoms with Gasteiger partial charge in [-0.1, -0.05) is 30.3 Å². The maximum atomic E-state index is 12.7. The van der Waals surface area contributed by atoms with E-state index >= 15 is 0 Å². The third-order valence-electron chi connectivity index (χ3n) is 4.11. The van der Waals surface area contributed by atoms with Crippen LogP contribution in [0.4, 0.5) is 17.1 Å². The Bertz CT molecular complexity index is 897. The van der Waals surface area contributed by atoms with Crippen LogP contribution in [0.3, 0.4) is 0 Å². The fraction of sp³-hybridized carbons (Fsp3) is 0.182. The standard InChI is InChI=1S/C22H23N3O2/c1-3-25(17-10-6-5-7-11-17)18-14-15-23-20(16-18)22(26)24-19-12-8-9-13-21(19)27-4-2/h5-16H,3-4H2,1-2H3,(H,24,26). The average molecular weight is 361 g/mol. The molecule has 1 heterocycles. The molecule has 0 unspecified atom stereocenters. The van der Waals surface area contributed by atoms with Crippen molar-refractivity contribution in [2.45, 2.75) is 13.8 Å². The van der Waals surface area contributed by atoms with E-state index in [-0.39, 0.29) is 5.91 Å². The van der Waals surface area contributed by atoms with E-state index < -0.39 is 0 Å². The molecule has 2 aromatic carbocycles. The van der Waals surface area contributed by atoms with Crippen LogP contribution in [0.25, 0.3) is 0 Å². The fourth-order valence-corrected chi connectivity index (χ4v) is 2.87. The molecule has 3 aromatic rings. The molecule has 0 atom stereocenters. The molecule has 1 amide bonds. The summed E-state index contributed by atoms with van der Waals surface area (Å²) in [5.74, 6) is 0.372. The molecule has 0 aliphatic carbocycles. The van der Waals surface area contributed by atoms with Crippen LogP contribution >= 0.6 is 0 Å². The Morgan fingerprint density at radius 3 is 2.48 bits per heavy atom. The van der Waals surface area contributed by atoms with E-state index in [0.717, 1.165) is 17.9 Å². The number of hydrogen-bond donors (Lipinski definition) is 1. The maximum Gasteiger partial charge on any atom is 0.274 e. The number of nitrogens with one attached hydrogen (secondary N) is 1. The molecule has 1 aromatic heterocycles. The molecule has 5 nitrogen and oxygen atoms in total. The number of amides is 1. The molecule has 0 saturated carbocycles. The van der Waals surface area contributed by atoms with Gasteiger partial charge in [-0.25, -0.2) is 0 Å². The largest absolute Gasteiger partial charge is 0.492 e. The lowest BCUT2D eigenvalue weighted by molar-refractivity contribution is 0.102. The second-order valence-electron chi connectivity index (χ2n) is 5.86. The first-order valence-electron chi connectivity index (χ1n) is 9.04. The van der Waals surface area contributed by atoms with Gasteiger partial charge in [-0.05, 0) is 50.2 Å². The van der Waals surface area contributed by atoms with Crippen molar-refractivity contribution >= 4 is 23.0 Å². The van der Waals surface area contributed by atoms with Gasteiger partial charge in [0.1, 0.15) is 11.4 Å². The lowest BCUT2D eigenvalue weighted by Crippen LogP contribution is -2.18. The zero-order valence-corrected chi connectivity index (χ0v) is 15.6. The van der Waals surface area contributed by atoms with Gasteiger partial charge in [0.15, 0.2) is 0 Å². The Kier molecular flexibility index (Phi) is 6.05. The van der Waals surface area contributed by atoms with Gasteiger partial charge in [0.25, 0.3) is 5.91 Å². The van der Waals surface area contributed by atoms with Crippen LogP contribution in [0.2, 0.25) is 0 Å². The SMILES string of the molecule is CCOc1ccccc1NC(=O)c1cc(N(CC)c2ccccc2)ccn1. The molecule has 0 bridgehead atoms. The number of para-hydroxylation sites is 3. The van der Waals surface area contributed by atoms with Crippen LogP contribution in [0.1, 0.15) is 24.3 Å². The summed E-state index contributed by atoms with van der Waals surface area (Å²) in [5.41, 5.74) is 2.97. The van der Waals surface area contributed by atoms with Gasteiger partial charge in [0, 0.05) is 24.1 Å². The van der Waals surface area contributed by atoms with Crippen LogP contribution in [0, 0.1) is 0 Å². The molecule has 0 aliphatic rings. The quantitative estimate of drug-likeness (QED) is 0.651. The summed E-state index contributed by atoms with van der Waals surface area (Å²) in [6, 6.07) is 21.1. The number of carbonyl (C=O) groups excluding carboxylic acids is 1. The van der Waals surface area contributed by atoms with E-state index in [1.807, 2.05) is 67.6 Å². The number of carbonyl (C=O) groups is 1. The first-order valence-corrected chi connectivity index (χ1v) is 9.04. The summed E-state index contributed by atoms with van der Waals surface area (Å²) >= 11 is 0. The first kappa shape index (κ1) is 18.5. The molecule has 3 rings (SSSR count). The molecule has 0 aliphatic heterocycles. The summed E-state index contributed by atoms with van der Waals surface area (Å²) in [5, 5.41) is 2.89. The number of anilines is 3. The van der Waals surface area contributed by atoms with Crippen LogP contribution in [-0.2, 0) is 0 Å². The first-order chi connectivity index (χ1) is 13.2. The molecule has 138 valence electrons. The Balaban J connectivity index is 1.84. The van der Waals surface area contributed by atoms with E-state index in [2.05, 4.69) is 22.1 Å². The van der Waals surface area contributed by atoms with Gasteiger partial charge in [0.2, 0.25) is 0 Å². The van der Waals surface area contributed by atoms with Gasteiger partial charge in [-0.15, -0.1) is 0 Å². The lowest BCUT2D eigenvalue weighted by Gasteiger charge is -2.23. The monoisotopic (exact) mass is 361 g/mol. The number of ether oxygens (including phenoxy) is 1. The van der Waals surface area contributed by atoms with Crippen molar-refractivity contribution in [1.82, 2.24) is 4.98 Å². The fourth-order valence-electron chi connectivity index (χ4n) is 2.87. The Morgan fingerprint density at radius 1 is 1.00 bits per heavy atom. The number of rotatable bonds is 7. The normalized spacial score (nSPS) is 10.3. The Morgan fingerprint density at radius 2 is 1.74 bits per heavy atom. The van der Waals surface area contributed by atoms with Gasteiger partial charge < -0.3 is 15.0 Å². The highest BCUT2D eigenvalue weighted by Crippen LogP contribution is 2.26. The van der Waals surface area contributed by atoms with Gasteiger partial charge in [0.05, 0.1) is 12.3 Å². The molecule has 0 saturated heterocycles. The highest BCUT2D eigenvalue weighted by atomic mass is 16.5. The van der Waals surface area contributed by atoms with Gasteiger partial charge in [-0.2, -0.15) is 0 Å². The molecule has 0 fully saturated rings. The minimum atomic E-state index is -0.270. The summed E-state index contributed by atoms with van der Waals surface area (Å²) < 4.78 is 5.57. The minimum Gasteiger partial charge on any atom is -0.492 e. The average Bonchev–Trinajstić information content (AvgIpc) is 2.71. The molecule has 1 N–H and O–H groups in total. The van der Waals surface area contributed by atoms with Crippen molar-refractivity contribution < 1.29 is 9.53 Å². The van der Waals surface area contributed by atoms with Crippen LogP contribution < -0.4 is 15.0 Å². The van der Waals surface area contributed by atoms with E-state index in [1.54, 1.807) is 12.3 Å². The van der Waals surface area contributed by atoms with Crippen molar-refractivity contribution in [2.75, 3.05) is 23.4 Å². The Hall–Kier alpha value is -3.34. The number of benzene rings is 2. The number of nitrogens with zero attached hydrogens (tertiary/aromatic N) is 2. The van der Waals surface area contributed by atoms with Crippen molar-refractivity contribution in [1.29, 1.82) is 0 Å². The van der Waals surface area contributed by atoms with E-state index in [4.69, 9.17) is 4.74 Å². The Labute approximate surface area is 159 Å². The molecular weight excluding hydrogens is 338 g/mol. The second-order valence-corrected chi connectivity index (χ2v) is 5.86. The smallest absolute Gasteiger partial charge is 0.274 e. The molecule has 0 spiro atoms. The lowest BCUT2D eigenvalue weighted by atomic mass is 10.2. The van der Waals surface area contributed by atoms with Crippen LogP contribution in [0.15, 0.2) is 72.9 Å². The van der Waals surface area contributed by atoms with Crippen LogP contribution in [0.5, 0.6) is 5.75 Å². The van der Waals surface area contributed by atoms with Crippen molar-refractivity contribution in [3.63, 3.8) is 0 Å². The summed E-state index contributed by atoms with van der Waals surface area (Å²) in [6.07, 6.45) is 1.66. The molecule has 5 heteroatoms. The van der Waals surface area contributed by atoms with Gasteiger partial charge >= 0.3 is 0 Å². The highest BCUT2D eigenvalue weighted by molar-refractivity contribution is 6.04. The van der Waals surface area contributed by atoms with E-state index in [0.29, 0.717) is 23.7 Å². The summed E-state index contributed by atoms with van der Waals surface area (Å²) in [7, 11) is 0. The minimum absolute atomic E-state index is 0.270. The molecule has 0 radical (unpaired) electrons. The summed E-state index contributed by atoms with van der Waals surface area (Å²) in [6.45, 7) is 5.30. The van der Waals surface area contributed by atoms with Gasteiger partial charge in [-0.3, -0.25) is 9.78 Å². The number of hydrogen-bond acceptors (Lipinski definition) is 4. The third kappa shape index (κ3) is 4.44. The van der Waals surface area contributed by atoms with Crippen molar-refractivity contribution in [3.05, 3.63) is 78.6 Å². The van der Waals surface area contributed by atoms with E-state index in [9.17, 15) is 4.79 Å². The maximum absolute atomic E-state index is 12.7. The number of pyridine rings is 1. The predicted octanol–water partition coefficient (Wildman–Crippen LogP) is 4.89. The molecule has 27 heavy (non-hydrogen) atoms. The topological polar surface area (TPSA) is 54.5 Å². The van der Waals surface area contributed by atoms with Crippen LogP contribution in [-0.4, -0.2) is 24.0 Å². The predicted molar refractivity (Wildman–Crippen MR) is 109 cm³/mol. The van der Waals surface area contributed by atoms with Crippen molar-refractivity contribution in [2.24, 2.45) is 0 Å². The molecular formula is C22H23N3O2. The second kappa shape index (κ2) is 8.85.